The van der Waals surface area contributed by atoms with Crippen LogP contribution in [0, 0.1) is 11.8 Å². The van der Waals surface area contributed by atoms with Gasteiger partial charge in [0.05, 0.1) is 12.0 Å². The van der Waals surface area contributed by atoms with Crippen molar-refractivity contribution in [2.45, 2.75) is 25.3 Å². The largest absolute Gasteiger partial charge is 0.356 e. The van der Waals surface area contributed by atoms with Crippen molar-refractivity contribution < 1.29 is 14.4 Å². The highest BCUT2D eigenvalue weighted by molar-refractivity contribution is 5.94. The maximum absolute atomic E-state index is 12.4. The lowest BCUT2D eigenvalue weighted by Crippen LogP contribution is -2.61. The summed E-state index contributed by atoms with van der Waals surface area (Å²) < 4.78 is 1.80. The van der Waals surface area contributed by atoms with Gasteiger partial charge >= 0.3 is 0 Å². The molecular weight excluding hydrogens is 320 g/mol. The fraction of sp³-hybridized carbons (Fsp3) is 0.611. The molecule has 1 atom stereocenters. The first kappa shape index (κ1) is 16.2. The van der Waals surface area contributed by atoms with Gasteiger partial charge in [-0.1, -0.05) is 0 Å². The second-order valence-electron chi connectivity index (χ2n) is 7.50. The summed E-state index contributed by atoms with van der Waals surface area (Å²) in [6.45, 7) is 2.32. The molecule has 2 aliphatic heterocycles. The smallest absolute Gasteiger partial charge is 0.270 e. The minimum Gasteiger partial charge on any atom is -0.356 e. The Morgan fingerprint density at radius 3 is 2.64 bits per heavy atom. The fourth-order valence-corrected chi connectivity index (χ4v) is 3.63. The lowest BCUT2D eigenvalue weighted by Gasteiger charge is -2.44. The summed E-state index contributed by atoms with van der Waals surface area (Å²) in [5.74, 6) is 0.417. The van der Waals surface area contributed by atoms with Crippen LogP contribution in [-0.4, -0.2) is 64.3 Å². The first-order valence-corrected chi connectivity index (χ1v) is 9.00. The molecule has 4 rings (SSSR count). The standard InChI is InChI=1S/C18H24N4O3/c1-20-6-2-3-15(20)18(25)21-10-14(11-21)22-9-13(7-16(22)23)17(24)19-8-12-4-5-12/h2-3,6,12-14H,4-5,7-11H2,1H3,(H,19,24). The van der Waals surface area contributed by atoms with Crippen LogP contribution in [0.5, 0.6) is 0 Å². The van der Waals surface area contributed by atoms with E-state index in [9.17, 15) is 14.4 Å². The zero-order valence-corrected chi connectivity index (χ0v) is 14.5. The average Bonchev–Trinajstić information content (AvgIpc) is 3.16. The molecule has 7 heteroatoms. The van der Waals surface area contributed by atoms with Crippen molar-refractivity contribution in [1.29, 1.82) is 0 Å². The zero-order chi connectivity index (χ0) is 17.6. The van der Waals surface area contributed by atoms with Gasteiger partial charge in [0.25, 0.3) is 5.91 Å². The number of amides is 3. The summed E-state index contributed by atoms with van der Waals surface area (Å²) in [5, 5.41) is 2.97. The number of hydrogen-bond donors (Lipinski definition) is 1. The van der Waals surface area contributed by atoms with Gasteiger partial charge in [-0.3, -0.25) is 14.4 Å². The summed E-state index contributed by atoms with van der Waals surface area (Å²) in [7, 11) is 1.85. The molecule has 0 bridgehead atoms. The van der Waals surface area contributed by atoms with E-state index in [0.29, 0.717) is 37.7 Å². The molecule has 3 aliphatic rings. The monoisotopic (exact) mass is 344 g/mol. The van der Waals surface area contributed by atoms with E-state index in [2.05, 4.69) is 5.32 Å². The number of aryl methyl sites for hydroxylation is 1. The molecule has 1 aromatic heterocycles. The van der Waals surface area contributed by atoms with Crippen molar-refractivity contribution in [3.05, 3.63) is 24.0 Å². The molecule has 0 aromatic carbocycles. The van der Waals surface area contributed by atoms with Crippen LogP contribution in [0.2, 0.25) is 0 Å². The van der Waals surface area contributed by atoms with Crippen LogP contribution in [0.3, 0.4) is 0 Å². The zero-order valence-electron chi connectivity index (χ0n) is 14.5. The van der Waals surface area contributed by atoms with Gasteiger partial charge < -0.3 is 19.7 Å². The summed E-state index contributed by atoms with van der Waals surface area (Å²) in [6.07, 6.45) is 4.53. The number of rotatable bonds is 5. The van der Waals surface area contributed by atoms with E-state index in [1.807, 2.05) is 19.3 Å². The minimum absolute atomic E-state index is 0.00110. The van der Waals surface area contributed by atoms with Crippen LogP contribution in [0.25, 0.3) is 0 Å². The molecule has 3 heterocycles. The molecule has 3 fully saturated rings. The Morgan fingerprint density at radius 1 is 1.24 bits per heavy atom. The summed E-state index contributed by atoms with van der Waals surface area (Å²) in [6, 6.07) is 3.69. The predicted molar refractivity (Wildman–Crippen MR) is 90.7 cm³/mol. The third-order valence-electron chi connectivity index (χ3n) is 5.54. The van der Waals surface area contributed by atoms with E-state index in [1.54, 1.807) is 20.4 Å². The number of hydrogen-bond acceptors (Lipinski definition) is 3. The third kappa shape index (κ3) is 3.15. The number of carbonyl (C=O) groups is 3. The Labute approximate surface area is 146 Å². The highest BCUT2D eigenvalue weighted by Crippen LogP contribution is 2.29. The molecule has 1 saturated carbocycles. The summed E-state index contributed by atoms with van der Waals surface area (Å²) in [5.41, 5.74) is 0.656. The molecule has 2 saturated heterocycles. The maximum Gasteiger partial charge on any atom is 0.270 e. The van der Waals surface area contributed by atoms with Gasteiger partial charge in [-0.2, -0.15) is 0 Å². The lowest BCUT2D eigenvalue weighted by molar-refractivity contribution is -0.132. The van der Waals surface area contributed by atoms with E-state index in [0.717, 1.165) is 6.54 Å². The van der Waals surface area contributed by atoms with Gasteiger partial charge in [0.15, 0.2) is 0 Å². The third-order valence-corrected chi connectivity index (χ3v) is 5.54. The van der Waals surface area contributed by atoms with Crippen LogP contribution in [0.15, 0.2) is 18.3 Å². The molecular formula is C18H24N4O3. The van der Waals surface area contributed by atoms with E-state index in [4.69, 9.17) is 0 Å². The molecule has 0 radical (unpaired) electrons. The Bertz CT molecular complexity index is 703. The van der Waals surface area contributed by atoms with Gasteiger partial charge in [-0.15, -0.1) is 0 Å². The quantitative estimate of drug-likeness (QED) is 0.831. The lowest BCUT2D eigenvalue weighted by atomic mass is 10.1. The number of carbonyl (C=O) groups excluding carboxylic acids is 3. The normalized spacial score (nSPS) is 23.7. The molecule has 3 amide bonds. The van der Waals surface area contributed by atoms with E-state index >= 15 is 0 Å². The van der Waals surface area contributed by atoms with Crippen molar-refractivity contribution in [3.63, 3.8) is 0 Å². The minimum atomic E-state index is -0.246. The van der Waals surface area contributed by atoms with Crippen LogP contribution in [0.1, 0.15) is 29.8 Å². The number of likely N-dealkylation sites (tertiary alicyclic amines) is 2. The van der Waals surface area contributed by atoms with Crippen molar-refractivity contribution >= 4 is 17.7 Å². The molecule has 1 aromatic rings. The Morgan fingerprint density at radius 2 is 2.00 bits per heavy atom. The SMILES string of the molecule is Cn1cccc1C(=O)N1CC(N2CC(C(=O)NCC3CC3)CC2=O)C1. The van der Waals surface area contributed by atoms with Crippen LogP contribution in [0.4, 0.5) is 0 Å². The topological polar surface area (TPSA) is 74.7 Å². The van der Waals surface area contributed by atoms with Gasteiger partial charge in [-0.25, -0.2) is 0 Å². The van der Waals surface area contributed by atoms with E-state index in [-0.39, 0.29) is 29.7 Å². The second-order valence-corrected chi connectivity index (χ2v) is 7.50. The summed E-state index contributed by atoms with van der Waals surface area (Å²) in [4.78, 5) is 40.4. The Balaban J connectivity index is 1.28. The van der Waals surface area contributed by atoms with Crippen LogP contribution >= 0.6 is 0 Å². The number of aromatic nitrogens is 1. The highest BCUT2D eigenvalue weighted by atomic mass is 16.2. The second kappa shape index (κ2) is 6.20. The number of nitrogens with zero attached hydrogens (tertiary/aromatic N) is 3. The molecule has 134 valence electrons. The molecule has 1 N–H and O–H groups in total. The predicted octanol–water partition coefficient (Wildman–Crippen LogP) is 0.224. The van der Waals surface area contributed by atoms with E-state index < -0.39 is 0 Å². The molecule has 1 aliphatic carbocycles. The van der Waals surface area contributed by atoms with Crippen molar-refractivity contribution in [1.82, 2.24) is 19.7 Å². The van der Waals surface area contributed by atoms with Crippen LogP contribution < -0.4 is 5.32 Å². The fourth-order valence-electron chi connectivity index (χ4n) is 3.63. The first-order valence-electron chi connectivity index (χ1n) is 9.00. The van der Waals surface area contributed by atoms with Crippen molar-refractivity contribution in [2.75, 3.05) is 26.2 Å². The summed E-state index contributed by atoms with van der Waals surface area (Å²) >= 11 is 0. The van der Waals surface area contributed by atoms with Crippen LogP contribution in [-0.2, 0) is 16.6 Å². The molecule has 7 nitrogen and oxygen atoms in total. The average molecular weight is 344 g/mol. The van der Waals surface area contributed by atoms with Gasteiger partial charge in [0, 0.05) is 45.8 Å². The van der Waals surface area contributed by atoms with Gasteiger partial charge in [0.2, 0.25) is 11.8 Å². The van der Waals surface area contributed by atoms with E-state index in [1.165, 1.54) is 12.8 Å². The van der Waals surface area contributed by atoms with Crippen molar-refractivity contribution in [3.8, 4) is 0 Å². The molecule has 0 spiro atoms. The van der Waals surface area contributed by atoms with Crippen molar-refractivity contribution in [2.24, 2.45) is 18.9 Å². The Hall–Kier alpha value is -2.31. The molecule has 25 heavy (non-hydrogen) atoms. The Kier molecular flexibility index (Phi) is 4.01. The molecule has 1 unspecified atom stereocenters. The number of nitrogens with one attached hydrogen (secondary N) is 1. The van der Waals surface area contributed by atoms with Gasteiger partial charge in [0.1, 0.15) is 5.69 Å². The van der Waals surface area contributed by atoms with Gasteiger partial charge in [-0.05, 0) is 30.9 Å². The maximum atomic E-state index is 12.4. The highest BCUT2D eigenvalue weighted by Gasteiger charge is 2.43. The first-order chi connectivity index (χ1) is 12.0.